The van der Waals surface area contributed by atoms with Crippen molar-refractivity contribution in [1.29, 1.82) is 0 Å². The van der Waals surface area contributed by atoms with E-state index in [4.69, 9.17) is 14.2 Å². The maximum Gasteiger partial charge on any atom is 0.173 e. The maximum atomic E-state index is 9.19. The summed E-state index contributed by atoms with van der Waals surface area (Å²) in [7, 11) is 0. The molecule has 2 aliphatic rings. The summed E-state index contributed by atoms with van der Waals surface area (Å²) in [6.07, 6.45) is 2.19. The number of hydrogen-bond acceptors (Lipinski definition) is 6. The van der Waals surface area contributed by atoms with Crippen LogP contribution in [0.3, 0.4) is 0 Å². The van der Waals surface area contributed by atoms with Crippen LogP contribution in [0, 0.1) is 0 Å². The van der Waals surface area contributed by atoms with Crippen LogP contribution < -0.4 is 10.6 Å². The van der Waals surface area contributed by atoms with Gasteiger partial charge < -0.3 is 30.0 Å². The molecular weight excluding hydrogens is 296 g/mol. The monoisotopic (exact) mass is 322 g/mol. The first-order valence-corrected chi connectivity index (χ1v) is 7.97. The third kappa shape index (κ3) is 6.68. The maximum absolute atomic E-state index is 9.19. The summed E-state index contributed by atoms with van der Waals surface area (Å²) in [6, 6.07) is 7.27. The molecule has 23 heavy (non-hydrogen) atoms. The van der Waals surface area contributed by atoms with Crippen LogP contribution in [0.5, 0.6) is 5.75 Å². The minimum atomic E-state index is -0.154. The Balaban J connectivity index is 0.000000174. The molecule has 6 heteroatoms. The van der Waals surface area contributed by atoms with Gasteiger partial charge in [0, 0.05) is 26.2 Å². The number of morpholine rings is 2. The van der Waals surface area contributed by atoms with Gasteiger partial charge in [-0.05, 0) is 18.1 Å². The van der Waals surface area contributed by atoms with Crippen molar-refractivity contribution >= 4 is 0 Å². The summed E-state index contributed by atoms with van der Waals surface area (Å²) >= 11 is 0. The van der Waals surface area contributed by atoms with Crippen LogP contribution in [0.1, 0.15) is 5.56 Å². The van der Waals surface area contributed by atoms with Gasteiger partial charge in [-0.3, -0.25) is 0 Å². The van der Waals surface area contributed by atoms with Crippen molar-refractivity contribution in [2.24, 2.45) is 0 Å². The number of nitrogens with one attached hydrogen (secondary N) is 2. The standard InChI is InChI=1S/C9H10O.C8H16N2O3/c1-2-5-8-6-3-4-7-9(8)10;1-3-11-7(5-9-1)13-8-6-10-2-4-12-8/h2-4,6-7,10H,1,5H2;7-10H,1-6H2. The molecule has 6 nitrogen and oxygen atoms in total. The number of hydrogen-bond donors (Lipinski definition) is 3. The Hall–Kier alpha value is -1.44. The third-order valence-corrected chi connectivity index (χ3v) is 3.45. The topological polar surface area (TPSA) is 72.0 Å². The second-order valence-electron chi connectivity index (χ2n) is 5.27. The van der Waals surface area contributed by atoms with Crippen molar-refractivity contribution < 1.29 is 19.3 Å². The minimum absolute atomic E-state index is 0.154. The third-order valence-electron chi connectivity index (χ3n) is 3.45. The number of para-hydroxylation sites is 1. The first kappa shape index (κ1) is 17.9. The predicted molar refractivity (Wildman–Crippen MR) is 88.3 cm³/mol. The number of aromatic hydroxyl groups is 1. The molecule has 3 rings (SSSR count). The zero-order chi connectivity index (χ0) is 16.3. The van der Waals surface area contributed by atoms with E-state index < -0.39 is 0 Å². The molecule has 0 amide bonds. The Morgan fingerprint density at radius 1 is 1.13 bits per heavy atom. The van der Waals surface area contributed by atoms with E-state index in [0.29, 0.717) is 19.0 Å². The van der Waals surface area contributed by atoms with Crippen LogP contribution in [0.4, 0.5) is 0 Å². The van der Waals surface area contributed by atoms with Gasteiger partial charge in [0.05, 0.1) is 13.2 Å². The van der Waals surface area contributed by atoms with E-state index >= 15 is 0 Å². The molecule has 0 aromatic heterocycles. The van der Waals surface area contributed by atoms with Crippen LogP contribution in [0.2, 0.25) is 0 Å². The number of allylic oxidation sites excluding steroid dienone is 1. The van der Waals surface area contributed by atoms with Gasteiger partial charge in [-0.25, -0.2) is 0 Å². The molecule has 0 aliphatic carbocycles. The molecule has 2 saturated heterocycles. The molecule has 2 unspecified atom stereocenters. The van der Waals surface area contributed by atoms with E-state index in [9.17, 15) is 5.11 Å². The van der Waals surface area contributed by atoms with Gasteiger partial charge in [-0.1, -0.05) is 24.3 Å². The van der Waals surface area contributed by atoms with Crippen molar-refractivity contribution in [3.8, 4) is 5.75 Å². The summed E-state index contributed by atoms with van der Waals surface area (Å²) in [5, 5.41) is 15.6. The molecule has 0 bridgehead atoms. The molecule has 2 fully saturated rings. The Kier molecular flexibility index (Phi) is 8.06. The first-order chi connectivity index (χ1) is 11.3. The molecule has 0 radical (unpaired) electrons. The van der Waals surface area contributed by atoms with Crippen molar-refractivity contribution in [3.63, 3.8) is 0 Å². The Morgan fingerprint density at radius 2 is 1.74 bits per heavy atom. The van der Waals surface area contributed by atoms with Gasteiger partial charge in [0.15, 0.2) is 12.6 Å². The fourth-order valence-corrected chi connectivity index (χ4v) is 2.27. The lowest BCUT2D eigenvalue weighted by Gasteiger charge is -2.30. The van der Waals surface area contributed by atoms with Gasteiger partial charge >= 0.3 is 0 Å². The highest BCUT2D eigenvalue weighted by molar-refractivity contribution is 5.32. The van der Waals surface area contributed by atoms with Crippen LogP contribution in [-0.2, 0) is 20.6 Å². The van der Waals surface area contributed by atoms with E-state index in [2.05, 4.69) is 17.2 Å². The van der Waals surface area contributed by atoms with E-state index in [0.717, 1.165) is 38.2 Å². The normalized spacial score (nSPS) is 24.3. The van der Waals surface area contributed by atoms with Crippen molar-refractivity contribution in [2.75, 3.05) is 39.4 Å². The van der Waals surface area contributed by atoms with Gasteiger partial charge in [0.1, 0.15) is 5.75 Å². The Morgan fingerprint density at radius 3 is 2.22 bits per heavy atom. The Labute approximate surface area is 137 Å². The largest absolute Gasteiger partial charge is 0.508 e. The molecule has 2 heterocycles. The quantitative estimate of drug-likeness (QED) is 0.719. The fraction of sp³-hybridized carbons (Fsp3) is 0.529. The molecule has 1 aromatic carbocycles. The zero-order valence-corrected chi connectivity index (χ0v) is 13.4. The van der Waals surface area contributed by atoms with Gasteiger partial charge in [0.25, 0.3) is 0 Å². The van der Waals surface area contributed by atoms with E-state index in [-0.39, 0.29) is 12.6 Å². The molecule has 2 atom stereocenters. The molecule has 1 aromatic rings. The van der Waals surface area contributed by atoms with Crippen molar-refractivity contribution in [3.05, 3.63) is 42.5 Å². The van der Waals surface area contributed by atoms with Gasteiger partial charge in [0.2, 0.25) is 0 Å². The lowest BCUT2D eigenvalue weighted by Crippen LogP contribution is -2.47. The number of ether oxygens (including phenoxy) is 3. The fourth-order valence-electron chi connectivity index (χ4n) is 2.27. The number of phenolic OH excluding ortho intramolecular Hbond substituents is 1. The highest BCUT2D eigenvalue weighted by atomic mass is 16.8. The molecule has 128 valence electrons. The lowest BCUT2D eigenvalue weighted by atomic mass is 10.1. The molecule has 3 N–H and O–H groups in total. The molecule has 0 saturated carbocycles. The number of phenols is 1. The predicted octanol–water partition coefficient (Wildman–Crippen LogP) is 1.02. The van der Waals surface area contributed by atoms with Crippen molar-refractivity contribution in [1.82, 2.24) is 10.6 Å². The first-order valence-electron chi connectivity index (χ1n) is 7.97. The average molecular weight is 322 g/mol. The lowest BCUT2D eigenvalue weighted by molar-refractivity contribution is -0.253. The summed E-state index contributed by atoms with van der Waals surface area (Å²) in [6.45, 7) is 8.32. The molecule has 2 aliphatic heterocycles. The summed E-state index contributed by atoms with van der Waals surface area (Å²) < 4.78 is 16.3. The van der Waals surface area contributed by atoms with Crippen LogP contribution in [0.15, 0.2) is 36.9 Å². The number of benzene rings is 1. The minimum Gasteiger partial charge on any atom is -0.508 e. The zero-order valence-electron chi connectivity index (χ0n) is 13.4. The second kappa shape index (κ2) is 10.4. The Bertz CT molecular complexity index is 442. The SMILES string of the molecule is C1COC(OC2CNCCO2)CN1.C=CCc1ccccc1O. The van der Waals surface area contributed by atoms with Crippen LogP contribution >= 0.6 is 0 Å². The smallest absolute Gasteiger partial charge is 0.173 e. The summed E-state index contributed by atoms with van der Waals surface area (Å²) in [5.74, 6) is 0.349. The highest BCUT2D eigenvalue weighted by Crippen LogP contribution is 2.15. The van der Waals surface area contributed by atoms with Crippen molar-refractivity contribution in [2.45, 2.75) is 19.0 Å². The summed E-state index contributed by atoms with van der Waals surface area (Å²) in [5.41, 5.74) is 0.928. The second-order valence-corrected chi connectivity index (χ2v) is 5.27. The van der Waals surface area contributed by atoms with E-state index in [1.165, 1.54) is 0 Å². The van der Waals surface area contributed by atoms with Gasteiger partial charge in [-0.15, -0.1) is 6.58 Å². The van der Waals surface area contributed by atoms with E-state index in [1.807, 2.05) is 18.2 Å². The van der Waals surface area contributed by atoms with E-state index in [1.54, 1.807) is 12.1 Å². The summed E-state index contributed by atoms with van der Waals surface area (Å²) in [4.78, 5) is 0. The molecular formula is C17H26N2O4. The highest BCUT2D eigenvalue weighted by Gasteiger charge is 2.21. The number of rotatable bonds is 4. The van der Waals surface area contributed by atoms with Crippen LogP contribution in [0.25, 0.3) is 0 Å². The molecule has 0 spiro atoms. The van der Waals surface area contributed by atoms with Crippen LogP contribution in [-0.4, -0.2) is 57.1 Å². The van der Waals surface area contributed by atoms with Gasteiger partial charge in [-0.2, -0.15) is 0 Å². The average Bonchev–Trinajstić information content (AvgIpc) is 2.60.